The Kier molecular flexibility index (Phi) is 9.85. The number of carbonyl (C=O) groups excluding carboxylic acids is 3. The summed E-state index contributed by atoms with van der Waals surface area (Å²) in [6.45, 7) is 0. The van der Waals surface area contributed by atoms with Crippen LogP contribution in [-0.2, 0) is 26.2 Å². The molecule has 6 rings (SSSR count). The number of β-lactam (4-membered cyclic amide) rings is 1. The number of aryl methyl sites for hydroxylation is 1. The number of carbonyl (C=O) groups is 3. The van der Waals surface area contributed by atoms with E-state index in [4.69, 9.17) is 16.3 Å². The quantitative estimate of drug-likeness (QED) is 0.0748. The molecule has 2 aliphatic heterocycles. The maximum absolute atomic E-state index is 14.3. The second-order valence-electron chi connectivity index (χ2n) is 10.5. The maximum atomic E-state index is 14.3. The van der Waals surface area contributed by atoms with Crippen LogP contribution in [0.25, 0.3) is 6.08 Å². The van der Waals surface area contributed by atoms with Crippen molar-refractivity contribution < 1.29 is 19.1 Å². The first-order valence-corrected chi connectivity index (χ1v) is 16.8. The van der Waals surface area contributed by atoms with Gasteiger partial charge in [0.2, 0.25) is 17.2 Å². The fourth-order valence-electron chi connectivity index (χ4n) is 5.23. The van der Waals surface area contributed by atoms with Crippen molar-refractivity contribution in [1.82, 2.24) is 30.4 Å². The number of rotatable bonds is 12. The predicted octanol–water partition coefficient (Wildman–Crippen LogP) is 4.60. The largest absolute Gasteiger partial charge is 0.448 e. The fourth-order valence-corrected chi connectivity index (χ4v) is 7.81. The first-order valence-electron chi connectivity index (χ1n) is 14.4. The highest BCUT2D eigenvalue weighted by Crippen LogP contribution is 2.48. The van der Waals surface area contributed by atoms with E-state index in [0.717, 1.165) is 16.7 Å². The number of benzene rings is 3. The topological polar surface area (TPSA) is 132 Å². The number of allylic oxidation sites excluding steroid dienone is 1. The third kappa shape index (κ3) is 6.73. The highest BCUT2D eigenvalue weighted by Gasteiger charge is 2.65. The van der Waals surface area contributed by atoms with Gasteiger partial charge in [-0.3, -0.25) is 19.5 Å². The van der Waals surface area contributed by atoms with Gasteiger partial charge in [0, 0.05) is 24.8 Å². The zero-order valence-corrected chi connectivity index (χ0v) is 27.4. The highest BCUT2D eigenvalue weighted by atomic mass is 35.5. The number of hydrogen-bond donors (Lipinski definition) is 1. The molecule has 238 valence electrons. The maximum Gasteiger partial charge on any atom is 0.356 e. The average molecular weight is 686 g/mol. The van der Waals surface area contributed by atoms with Gasteiger partial charge in [0.15, 0.2) is 6.10 Å². The van der Waals surface area contributed by atoms with E-state index in [2.05, 4.69) is 25.8 Å². The Hall–Kier alpha value is -4.72. The van der Waals surface area contributed by atoms with Crippen molar-refractivity contribution in [2.24, 2.45) is 12.0 Å². The zero-order valence-electron chi connectivity index (χ0n) is 25.0. The van der Waals surface area contributed by atoms with Crippen LogP contribution in [0.1, 0.15) is 22.8 Å². The van der Waals surface area contributed by atoms with Gasteiger partial charge in [-0.2, -0.15) is 0 Å². The summed E-state index contributed by atoms with van der Waals surface area (Å²) in [5, 5.41) is 14.3. The van der Waals surface area contributed by atoms with Crippen molar-refractivity contribution in [2.45, 2.75) is 22.3 Å². The van der Waals surface area contributed by atoms with Gasteiger partial charge in [-0.1, -0.05) is 114 Å². The fraction of sp³-hybridized carbons (Fsp3) is 0.182. The second-order valence-corrected chi connectivity index (χ2v) is 12.9. The van der Waals surface area contributed by atoms with Gasteiger partial charge in [-0.05, 0) is 38.8 Å². The molecule has 0 unspecified atom stereocenters. The van der Waals surface area contributed by atoms with E-state index in [1.165, 1.54) is 39.3 Å². The van der Waals surface area contributed by atoms with Crippen molar-refractivity contribution in [1.29, 1.82) is 0 Å². The van der Waals surface area contributed by atoms with Crippen molar-refractivity contribution in [3.8, 4) is 0 Å². The Morgan fingerprint density at radius 1 is 1.11 bits per heavy atom. The highest BCUT2D eigenvalue weighted by molar-refractivity contribution is 8.01. The Balaban J connectivity index is 1.35. The lowest BCUT2D eigenvalue weighted by molar-refractivity contribution is -0.160. The average Bonchev–Trinajstić information content (AvgIpc) is 3.52. The zero-order chi connectivity index (χ0) is 32.8. The van der Waals surface area contributed by atoms with E-state index < -0.39 is 29.0 Å². The number of tetrazole rings is 1. The SMILES string of the molecule is Cn1nnnc1SCC1=C(C(=O)OC(c2ccccc2)c2ccccc2)N2C(=O)[C@](N=CC(Cl)=Cc3ccccc3)(NC=O)[C@@H]2SC1. The van der Waals surface area contributed by atoms with E-state index in [-0.39, 0.29) is 10.7 Å². The molecule has 14 heteroatoms. The molecule has 2 amide bonds. The molecular weight excluding hydrogens is 658 g/mol. The molecule has 3 heterocycles. The van der Waals surface area contributed by atoms with E-state index in [1.54, 1.807) is 13.1 Å². The Bertz CT molecular complexity index is 1810. The van der Waals surface area contributed by atoms with Gasteiger partial charge in [0.25, 0.3) is 5.91 Å². The number of halogens is 1. The minimum atomic E-state index is -1.67. The molecule has 0 bridgehead atoms. The minimum absolute atomic E-state index is 0.0997. The molecule has 2 atom stereocenters. The lowest BCUT2D eigenvalue weighted by Crippen LogP contribution is -2.78. The number of nitrogens with zero attached hydrogens (tertiary/aromatic N) is 6. The van der Waals surface area contributed by atoms with Crippen LogP contribution in [0.3, 0.4) is 0 Å². The monoisotopic (exact) mass is 685 g/mol. The van der Waals surface area contributed by atoms with Crippen LogP contribution < -0.4 is 5.32 Å². The van der Waals surface area contributed by atoms with Gasteiger partial charge in [0.1, 0.15) is 11.1 Å². The summed E-state index contributed by atoms with van der Waals surface area (Å²) in [5.41, 5.74) is 1.46. The minimum Gasteiger partial charge on any atom is -0.448 e. The van der Waals surface area contributed by atoms with Crippen molar-refractivity contribution >= 4 is 65.7 Å². The number of esters is 1. The Morgan fingerprint density at radius 3 is 2.34 bits per heavy atom. The summed E-state index contributed by atoms with van der Waals surface area (Å²) in [7, 11) is 1.72. The number of aromatic nitrogens is 4. The van der Waals surface area contributed by atoms with Gasteiger partial charge < -0.3 is 10.1 Å². The van der Waals surface area contributed by atoms with Gasteiger partial charge >= 0.3 is 5.97 Å². The van der Waals surface area contributed by atoms with E-state index in [1.807, 2.05) is 91.0 Å². The van der Waals surface area contributed by atoms with Crippen LogP contribution in [0, 0.1) is 0 Å². The molecule has 0 aliphatic carbocycles. The molecule has 0 radical (unpaired) electrons. The molecule has 1 fully saturated rings. The number of aliphatic imine (C=N–C) groups is 1. The first-order chi connectivity index (χ1) is 22.9. The molecule has 0 saturated carbocycles. The van der Waals surface area contributed by atoms with Crippen LogP contribution >= 0.6 is 35.1 Å². The summed E-state index contributed by atoms with van der Waals surface area (Å²) >= 11 is 9.17. The van der Waals surface area contributed by atoms with Crippen LogP contribution in [-0.4, -0.2) is 72.2 Å². The third-order valence-corrected chi connectivity index (χ3v) is 10.2. The summed E-state index contributed by atoms with van der Waals surface area (Å²) in [4.78, 5) is 46.0. The smallest absolute Gasteiger partial charge is 0.356 e. The Morgan fingerprint density at radius 2 is 1.74 bits per heavy atom. The molecule has 1 N–H and O–H groups in total. The van der Waals surface area contributed by atoms with E-state index in [0.29, 0.717) is 28.6 Å². The lowest BCUT2D eigenvalue weighted by Gasteiger charge is -2.54. The molecule has 3 aromatic carbocycles. The molecule has 11 nitrogen and oxygen atoms in total. The van der Waals surface area contributed by atoms with E-state index in [9.17, 15) is 14.4 Å². The number of ether oxygens (including phenoxy) is 1. The number of hydrogen-bond acceptors (Lipinski definition) is 10. The summed E-state index contributed by atoms with van der Waals surface area (Å²) in [5.74, 6) is -0.608. The van der Waals surface area contributed by atoms with Gasteiger partial charge in [-0.15, -0.1) is 16.9 Å². The molecule has 1 aromatic heterocycles. The van der Waals surface area contributed by atoms with Crippen molar-refractivity contribution in [2.75, 3.05) is 11.5 Å². The molecule has 2 aliphatic rings. The second kappa shape index (κ2) is 14.4. The van der Waals surface area contributed by atoms with Gasteiger partial charge in [-0.25, -0.2) is 9.48 Å². The summed E-state index contributed by atoms with van der Waals surface area (Å²) in [6, 6.07) is 28.2. The molecule has 4 aromatic rings. The number of nitrogens with one attached hydrogen (secondary N) is 1. The standard InChI is InChI=1S/C33H28ClN7O4S2/c1-40-32(37-38-39-40)47-20-25-19-46-31-33(36-21-42,35-18-26(34)17-22-11-5-2-6-12-22)30(44)41(31)27(25)29(43)45-28(23-13-7-3-8-14-23)24-15-9-4-10-16-24/h2-18,21,28,31H,19-20H2,1H3,(H,36,42)/t31-,33-/m0/s1. The Labute approximate surface area is 284 Å². The molecule has 47 heavy (non-hydrogen) atoms. The molecule has 1 saturated heterocycles. The number of amides is 2. The summed E-state index contributed by atoms with van der Waals surface area (Å²) < 4.78 is 7.76. The predicted molar refractivity (Wildman–Crippen MR) is 181 cm³/mol. The van der Waals surface area contributed by atoms with Crippen LogP contribution in [0.5, 0.6) is 0 Å². The number of fused-ring (bicyclic) bond motifs is 1. The van der Waals surface area contributed by atoms with Crippen molar-refractivity contribution in [3.63, 3.8) is 0 Å². The number of thioether (sulfide) groups is 2. The van der Waals surface area contributed by atoms with Gasteiger partial charge in [0.05, 0.1) is 5.03 Å². The van der Waals surface area contributed by atoms with Crippen LogP contribution in [0.2, 0.25) is 0 Å². The normalized spacial score (nSPS) is 19.5. The third-order valence-electron chi connectivity index (χ3n) is 7.48. The molecular formula is C33H28ClN7O4S2. The first kappa shape index (κ1) is 32.2. The van der Waals surface area contributed by atoms with E-state index >= 15 is 0 Å². The lowest BCUT2D eigenvalue weighted by atomic mass is 9.95. The van der Waals surface area contributed by atoms with Crippen LogP contribution in [0.15, 0.2) is 117 Å². The van der Waals surface area contributed by atoms with Crippen LogP contribution in [0.4, 0.5) is 0 Å². The summed E-state index contributed by atoms with van der Waals surface area (Å²) in [6.07, 6.45) is 2.73. The van der Waals surface area contributed by atoms with Crippen molar-refractivity contribution in [3.05, 3.63) is 124 Å². The molecule has 0 spiro atoms.